The van der Waals surface area contributed by atoms with E-state index in [0.29, 0.717) is 27.6 Å². The number of para-hydroxylation sites is 1. The van der Waals surface area contributed by atoms with Crippen LogP contribution in [-0.4, -0.2) is 18.9 Å². The molecule has 0 saturated carbocycles. The lowest BCUT2D eigenvalue weighted by atomic mass is 10.2. The molecule has 1 aromatic heterocycles. The first-order chi connectivity index (χ1) is 15.4. The zero-order chi connectivity index (χ0) is 22.7. The fourth-order valence-corrected chi connectivity index (χ4v) is 5.29. The van der Waals surface area contributed by atoms with Crippen LogP contribution < -0.4 is 9.52 Å². The van der Waals surface area contributed by atoms with Gasteiger partial charge < -0.3 is 4.57 Å². The molecule has 6 nitrogen and oxygen atoms in total. The zero-order valence-corrected chi connectivity index (χ0v) is 19.1. The van der Waals surface area contributed by atoms with E-state index in [2.05, 4.69) is 16.3 Å². The third-order valence-electron chi connectivity index (χ3n) is 4.61. The molecule has 0 unspecified atom stereocenters. The van der Waals surface area contributed by atoms with Crippen molar-refractivity contribution < 1.29 is 13.2 Å². The van der Waals surface area contributed by atoms with E-state index in [1.54, 1.807) is 6.08 Å². The van der Waals surface area contributed by atoms with Crippen LogP contribution in [0.1, 0.15) is 10.4 Å². The third kappa shape index (κ3) is 4.67. The van der Waals surface area contributed by atoms with E-state index < -0.39 is 15.9 Å². The number of benzene rings is 3. The molecular weight excluding hydrogens is 466 g/mol. The summed E-state index contributed by atoms with van der Waals surface area (Å²) in [6.07, 6.45) is 1.75. The molecule has 4 aromatic rings. The lowest BCUT2D eigenvalue weighted by Crippen LogP contribution is -2.16. The van der Waals surface area contributed by atoms with Crippen LogP contribution in [0.3, 0.4) is 0 Å². The monoisotopic (exact) mass is 483 g/mol. The number of nitrogens with zero attached hydrogens (tertiary/aromatic N) is 2. The summed E-state index contributed by atoms with van der Waals surface area (Å²) in [6, 6.07) is 19.8. The summed E-state index contributed by atoms with van der Waals surface area (Å²) in [7, 11) is -3.77. The van der Waals surface area contributed by atoms with Crippen molar-refractivity contribution in [3.05, 3.63) is 101 Å². The maximum absolute atomic E-state index is 12.7. The van der Waals surface area contributed by atoms with Crippen molar-refractivity contribution in [3.63, 3.8) is 0 Å². The van der Waals surface area contributed by atoms with Crippen molar-refractivity contribution in [2.45, 2.75) is 11.4 Å². The quantitative estimate of drug-likeness (QED) is 0.388. The van der Waals surface area contributed by atoms with Crippen molar-refractivity contribution in [3.8, 4) is 0 Å². The first-order valence-corrected chi connectivity index (χ1v) is 12.2. The van der Waals surface area contributed by atoms with Crippen LogP contribution in [0.15, 0.2) is 95.3 Å². The van der Waals surface area contributed by atoms with Crippen molar-refractivity contribution in [2.75, 3.05) is 4.72 Å². The van der Waals surface area contributed by atoms with Crippen LogP contribution in [0.25, 0.3) is 10.2 Å². The Bertz CT molecular complexity index is 1470. The summed E-state index contributed by atoms with van der Waals surface area (Å²) in [4.78, 5) is 17.7. The summed E-state index contributed by atoms with van der Waals surface area (Å²) in [6.45, 7) is 4.31. The van der Waals surface area contributed by atoms with Gasteiger partial charge >= 0.3 is 0 Å². The lowest BCUT2D eigenvalue weighted by molar-refractivity contribution is 0.0998. The molecule has 0 bridgehead atoms. The number of hydrogen-bond donors (Lipinski definition) is 1. The van der Waals surface area contributed by atoms with Gasteiger partial charge in [0.05, 0.1) is 15.1 Å². The maximum atomic E-state index is 12.7. The highest BCUT2D eigenvalue weighted by Crippen LogP contribution is 2.20. The van der Waals surface area contributed by atoms with Gasteiger partial charge in [-0.3, -0.25) is 9.52 Å². The minimum Gasteiger partial charge on any atom is -0.312 e. The smallest absolute Gasteiger partial charge is 0.279 e. The fraction of sp³-hybridized carbons (Fsp3) is 0.0435. The molecule has 0 spiro atoms. The van der Waals surface area contributed by atoms with Crippen molar-refractivity contribution in [1.82, 2.24) is 4.57 Å². The van der Waals surface area contributed by atoms with Crippen LogP contribution in [0.5, 0.6) is 0 Å². The molecule has 1 heterocycles. The molecule has 9 heteroatoms. The zero-order valence-electron chi connectivity index (χ0n) is 16.7. The second kappa shape index (κ2) is 9.12. The molecule has 0 aliphatic rings. The Morgan fingerprint density at radius 2 is 1.75 bits per heavy atom. The number of anilines is 1. The van der Waals surface area contributed by atoms with Crippen LogP contribution >= 0.6 is 22.9 Å². The van der Waals surface area contributed by atoms with Gasteiger partial charge in [-0.2, -0.15) is 4.99 Å². The Balaban J connectivity index is 1.59. The van der Waals surface area contributed by atoms with Gasteiger partial charge in [0.1, 0.15) is 0 Å². The molecule has 1 N–H and O–H groups in total. The summed E-state index contributed by atoms with van der Waals surface area (Å²) < 4.78 is 30.5. The van der Waals surface area contributed by atoms with Crippen LogP contribution in [0.2, 0.25) is 5.02 Å². The minimum atomic E-state index is -3.77. The van der Waals surface area contributed by atoms with Crippen molar-refractivity contribution >= 4 is 54.8 Å². The molecular formula is C23H18ClN3O3S2. The molecule has 3 aromatic carbocycles. The first kappa shape index (κ1) is 22.0. The van der Waals surface area contributed by atoms with Gasteiger partial charge in [-0.05, 0) is 60.7 Å². The summed E-state index contributed by atoms with van der Waals surface area (Å²) in [5, 5.41) is 0.448. The van der Waals surface area contributed by atoms with Crippen molar-refractivity contribution in [2.24, 2.45) is 4.99 Å². The summed E-state index contributed by atoms with van der Waals surface area (Å²) in [5.41, 5.74) is 1.66. The van der Waals surface area contributed by atoms with Crippen LogP contribution in [0, 0.1) is 0 Å². The van der Waals surface area contributed by atoms with Gasteiger partial charge in [0.15, 0.2) is 4.80 Å². The van der Waals surface area contributed by atoms with Crippen molar-refractivity contribution in [1.29, 1.82) is 0 Å². The lowest BCUT2D eigenvalue weighted by Gasteiger charge is -2.08. The van der Waals surface area contributed by atoms with Gasteiger partial charge in [0.2, 0.25) is 0 Å². The molecule has 0 atom stereocenters. The second-order valence-electron chi connectivity index (χ2n) is 6.81. The number of rotatable bonds is 6. The van der Waals surface area contributed by atoms with Gasteiger partial charge in [0, 0.05) is 22.8 Å². The average molecular weight is 484 g/mol. The molecule has 1 amide bonds. The number of thiazole rings is 1. The van der Waals surface area contributed by atoms with E-state index in [1.165, 1.54) is 59.9 Å². The Labute approximate surface area is 194 Å². The van der Waals surface area contributed by atoms with Gasteiger partial charge in [-0.25, -0.2) is 8.42 Å². The molecule has 162 valence electrons. The average Bonchev–Trinajstić information content (AvgIpc) is 3.11. The number of halogens is 1. The Hall–Kier alpha value is -3.20. The SMILES string of the molecule is C=CCn1c(=NC(=O)c2ccc(NS(=O)(=O)c3ccc(Cl)cc3)cc2)sc2ccccc21. The second-order valence-corrected chi connectivity index (χ2v) is 9.93. The number of aromatic nitrogens is 1. The predicted molar refractivity (Wildman–Crippen MR) is 129 cm³/mol. The molecule has 4 rings (SSSR count). The van der Waals surface area contributed by atoms with Gasteiger partial charge in [0.25, 0.3) is 15.9 Å². The molecule has 32 heavy (non-hydrogen) atoms. The van der Waals surface area contributed by atoms with Crippen LogP contribution in [-0.2, 0) is 16.6 Å². The highest BCUT2D eigenvalue weighted by molar-refractivity contribution is 7.92. The number of allylic oxidation sites excluding steroid dienone is 1. The Kier molecular flexibility index (Phi) is 6.27. The third-order valence-corrected chi connectivity index (χ3v) is 7.31. The largest absolute Gasteiger partial charge is 0.312 e. The topological polar surface area (TPSA) is 80.5 Å². The van der Waals surface area contributed by atoms with E-state index in [1.807, 2.05) is 28.8 Å². The maximum Gasteiger partial charge on any atom is 0.279 e. The number of carbonyl (C=O) groups excluding carboxylic acids is 1. The van der Waals surface area contributed by atoms with E-state index in [-0.39, 0.29) is 4.90 Å². The minimum absolute atomic E-state index is 0.0913. The van der Waals surface area contributed by atoms with Gasteiger partial charge in [-0.1, -0.05) is 41.1 Å². The molecule has 0 aliphatic heterocycles. The first-order valence-electron chi connectivity index (χ1n) is 9.54. The van der Waals surface area contributed by atoms with Crippen LogP contribution in [0.4, 0.5) is 5.69 Å². The van der Waals surface area contributed by atoms with E-state index >= 15 is 0 Å². The predicted octanol–water partition coefficient (Wildman–Crippen LogP) is 5.08. The van der Waals surface area contributed by atoms with E-state index in [0.717, 1.165) is 10.2 Å². The molecule has 0 fully saturated rings. The summed E-state index contributed by atoms with van der Waals surface area (Å²) >= 11 is 7.24. The van der Waals surface area contributed by atoms with E-state index in [9.17, 15) is 13.2 Å². The molecule has 0 aliphatic carbocycles. The number of amides is 1. The van der Waals surface area contributed by atoms with Gasteiger partial charge in [-0.15, -0.1) is 6.58 Å². The Morgan fingerprint density at radius 3 is 2.44 bits per heavy atom. The number of nitrogens with one attached hydrogen (secondary N) is 1. The fourth-order valence-electron chi connectivity index (χ4n) is 3.07. The Morgan fingerprint density at radius 1 is 1.06 bits per heavy atom. The summed E-state index contributed by atoms with van der Waals surface area (Å²) in [5.74, 6) is -0.415. The standard InChI is InChI=1S/C23H18ClN3O3S2/c1-2-15-27-20-5-3-4-6-21(20)31-23(27)25-22(28)16-7-11-18(12-8-16)26-32(29,30)19-13-9-17(24)10-14-19/h2-14,26H,1,15H2. The molecule has 0 radical (unpaired) electrons. The normalized spacial score (nSPS) is 12.1. The molecule has 0 saturated heterocycles. The number of fused-ring (bicyclic) bond motifs is 1. The van der Waals surface area contributed by atoms with E-state index in [4.69, 9.17) is 11.6 Å². The number of sulfonamides is 1. The number of carbonyl (C=O) groups is 1. The number of hydrogen-bond acceptors (Lipinski definition) is 4. The highest BCUT2D eigenvalue weighted by atomic mass is 35.5. The highest BCUT2D eigenvalue weighted by Gasteiger charge is 2.14.